The number of hydrogen-bond acceptors (Lipinski definition) is 6. The molecule has 7 heteroatoms. The minimum atomic E-state index is -0.133. The topological polar surface area (TPSA) is 83.0 Å². The van der Waals surface area contributed by atoms with E-state index in [-0.39, 0.29) is 5.91 Å². The van der Waals surface area contributed by atoms with Crippen molar-refractivity contribution in [2.75, 3.05) is 30.4 Å². The lowest BCUT2D eigenvalue weighted by Gasteiger charge is -2.32. The number of nitrogens with one attached hydrogen (secondary N) is 2. The molecule has 4 rings (SSSR count). The van der Waals surface area contributed by atoms with Crippen LogP contribution in [0, 0.1) is 13.8 Å². The van der Waals surface area contributed by atoms with Crippen LogP contribution in [0.5, 0.6) is 0 Å². The molecule has 1 fully saturated rings. The minimum Gasteiger partial charge on any atom is -0.355 e. The summed E-state index contributed by atoms with van der Waals surface area (Å²) in [6, 6.07) is 14.1. The lowest BCUT2D eigenvalue weighted by atomic mass is 9.88. The molecule has 7 nitrogen and oxygen atoms in total. The third kappa shape index (κ3) is 4.82. The van der Waals surface area contributed by atoms with Gasteiger partial charge in [0, 0.05) is 31.4 Å². The van der Waals surface area contributed by atoms with E-state index in [9.17, 15) is 4.79 Å². The molecule has 3 aromatic rings. The molecule has 1 saturated heterocycles. The van der Waals surface area contributed by atoms with E-state index in [0.29, 0.717) is 23.4 Å². The average molecular weight is 417 g/mol. The second-order valence-corrected chi connectivity index (χ2v) is 8.00. The van der Waals surface area contributed by atoms with Crippen LogP contribution in [0.4, 0.5) is 17.6 Å². The monoisotopic (exact) mass is 416 g/mol. The van der Waals surface area contributed by atoms with Gasteiger partial charge in [0.2, 0.25) is 11.9 Å². The van der Waals surface area contributed by atoms with Crippen LogP contribution >= 0.6 is 0 Å². The van der Waals surface area contributed by atoms with Crippen molar-refractivity contribution in [1.29, 1.82) is 0 Å². The van der Waals surface area contributed by atoms with Crippen LogP contribution in [0.25, 0.3) is 0 Å². The molecule has 0 bridgehead atoms. The van der Waals surface area contributed by atoms with E-state index in [1.807, 2.05) is 12.1 Å². The van der Waals surface area contributed by atoms with E-state index in [1.54, 1.807) is 19.2 Å². The van der Waals surface area contributed by atoms with Gasteiger partial charge >= 0.3 is 0 Å². The van der Waals surface area contributed by atoms with Crippen molar-refractivity contribution in [2.45, 2.75) is 32.6 Å². The van der Waals surface area contributed by atoms with Gasteiger partial charge in [-0.2, -0.15) is 4.98 Å². The molecule has 160 valence electrons. The van der Waals surface area contributed by atoms with Crippen LogP contribution in [0.3, 0.4) is 0 Å². The van der Waals surface area contributed by atoms with Gasteiger partial charge in [-0.05, 0) is 67.5 Å². The fourth-order valence-corrected chi connectivity index (χ4v) is 3.94. The van der Waals surface area contributed by atoms with E-state index >= 15 is 0 Å². The summed E-state index contributed by atoms with van der Waals surface area (Å²) in [5.41, 5.74) is 5.46. The minimum absolute atomic E-state index is 0.133. The summed E-state index contributed by atoms with van der Waals surface area (Å²) >= 11 is 0. The highest BCUT2D eigenvalue weighted by molar-refractivity contribution is 5.95. The number of rotatable bonds is 5. The lowest BCUT2D eigenvalue weighted by Crippen LogP contribution is -2.34. The molecule has 2 N–H and O–H groups in total. The molecule has 0 spiro atoms. The zero-order valence-electron chi connectivity index (χ0n) is 18.2. The van der Waals surface area contributed by atoms with Gasteiger partial charge in [-0.1, -0.05) is 24.3 Å². The van der Waals surface area contributed by atoms with E-state index in [4.69, 9.17) is 0 Å². The molecule has 0 atom stereocenters. The molecule has 1 aliphatic rings. The lowest BCUT2D eigenvalue weighted by molar-refractivity contribution is 0.0963. The van der Waals surface area contributed by atoms with Crippen molar-refractivity contribution in [3.8, 4) is 0 Å². The standard InChI is InChI=1S/C24H28N6O/c1-16-7-8-19(13-17(16)2)18-9-11-30(12-10-18)24-27-15-26-23(29-24)28-21-6-4-5-20(14-21)22(31)25-3/h4-8,13-15,18H,9-12H2,1-3H3,(H,25,31)(H,26,27,28,29). The van der Waals surface area contributed by atoms with E-state index in [2.05, 4.69) is 62.5 Å². The SMILES string of the molecule is CNC(=O)c1cccc(Nc2ncnc(N3CCC(c4ccc(C)c(C)c4)CC3)n2)c1. The highest BCUT2D eigenvalue weighted by Crippen LogP contribution is 2.30. The van der Waals surface area contributed by atoms with E-state index < -0.39 is 0 Å². The number of piperidine rings is 1. The number of nitrogens with zero attached hydrogens (tertiary/aromatic N) is 4. The maximum atomic E-state index is 11.9. The Morgan fingerprint density at radius 1 is 1.03 bits per heavy atom. The normalized spacial score (nSPS) is 14.4. The Morgan fingerprint density at radius 2 is 1.84 bits per heavy atom. The number of amides is 1. The maximum absolute atomic E-state index is 11.9. The van der Waals surface area contributed by atoms with Gasteiger partial charge < -0.3 is 15.5 Å². The van der Waals surface area contributed by atoms with Gasteiger partial charge in [0.1, 0.15) is 6.33 Å². The van der Waals surface area contributed by atoms with Crippen LogP contribution in [0.2, 0.25) is 0 Å². The zero-order valence-corrected chi connectivity index (χ0v) is 18.2. The molecule has 0 radical (unpaired) electrons. The summed E-state index contributed by atoms with van der Waals surface area (Å²) in [4.78, 5) is 27.3. The number of carbonyl (C=O) groups excluding carboxylic acids is 1. The average Bonchev–Trinajstić information content (AvgIpc) is 2.81. The molecular weight excluding hydrogens is 388 g/mol. The van der Waals surface area contributed by atoms with Crippen molar-refractivity contribution < 1.29 is 4.79 Å². The second kappa shape index (κ2) is 9.12. The molecule has 1 amide bonds. The molecule has 31 heavy (non-hydrogen) atoms. The van der Waals surface area contributed by atoms with E-state index in [1.165, 1.54) is 23.0 Å². The third-order valence-electron chi connectivity index (χ3n) is 5.95. The van der Waals surface area contributed by atoms with Gasteiger partial charge in [0.05, 0.1) is 0 Å². The molecule has 0 aliphatic carbocycles. The van der Waals surface area contributed by atoms with Crippen molar-refractivity contribution in [3.05, 3.63) is 71.0 Å². The molecular formula is C24H28N6O. The first-order chi connectivity index (χ1) is 15.0. The Kier molecular flexibility index (Phi) is 6.11. The van der Waals surface area contributed by atoms with Gasteiger partial charge in [0.25, 0.3) is 5.91 Å². The van der Waals surface area contributed by atoms with Crippen molar-refractivity contribution in [1.82, 2.24) is 20.3 Å². The Morgan fingerprint density at radius 3 is 2.58 bits per heavy atom. The number of aromatic nitrogens is 3. The first kappa shape index (κ1) is 20.8. The Balaban J connectivity index is 1.42. The highest BCUT2D eigenvalue weighted by Gasteiger charge is 2.23. The van der Waals surface area contributed by atoms with Crippen molar-refractivity contribution in [3.63, 3.8) is 0 Å². The predicted molar refractivity (Wildman–Crippen MR) is 123 cm³/mol. The largest absolute Gasteiger partial charge is 0.355 e. The fourth-order valence-electron chi connectivity index (χ4n) is 3.94. The quantitative estimate of drug-likeness (QED) is 0.655. The van der Waals surface area contributed by atoms with Crippen LogP contribution in [-0.2, 0) is 0 Å². The summed E-state index contributed by atoms with van der Waals surface area (Å²) in [5, 5.41) is 5.81. The molecule has 2 aromatic carbocycles. The number of hydrogen-bond donors (Lipinski definition) is 2. The summed E-state index contributed by atoms with van der Waals surface area (Å²) in [5.74, 6) is 1.59. The Labute approximate surface area is 183 Å². The number of anilines is 3. The van der Waals surface area contributed by atoms with Gasteiger partial charge in [-0.25, -0.2) is 9.97 Å². The second-order valence-electron chi connectivity index (χ2n) is 8.00. The summed E-state index contributed by atoms with van der Waals surface area (Å²) in [7, 11) is 1.61. The Bertz CT molecular complexity index is 1080. The first-order valence-corrected chi connectivity index (χ1v) is 10.6. The van der Waals surface area contributed by atoms with Crippen LogP contribution < -0.4 is 15.5 Å². The molecule has 2 heterocycles. The summed E-state index contributed by atoms with van der Waals surface area (Å²) < 4.78 is 0. The van der Waals surface area contributed by atoms with Crippen LogP contribution in [0.15, 0.2) is 48.8 Å². The van der Waals surface area contributed by atoms with Crippen LogP contribution in [0.1, 0.15) is 45.8 Å². The predicted octanol–water partition coefficient (Wildman–Crippen LogP) is 3.98. The van der Waals surface area contributed by atoms with Gasteiger partial charge in [-0.3, -0.25) is 4.79 Å². The third-order valence-corrected chi connectivity index (χ3v) is 5.95. The highest BCUT2D eigenvalue weighted by atomic mass is 16.1. The zero-order chi connectivity index (χ0) is 21.8. The number of carbonyl (C=O) groups is 1. The van der Waals surface area contributed by atoms with E-state index in [0.717, 1.165) is 31.6 Å². The first-order valence-electron chi connectivity index (χ1n) is 10.6. The number of aryl methyl sites for hydroxylation is 2. The summed E-state index contributed by atoms with van der Waals surface area (Å²) in [6.45, 7) is 6.15. The fraction of sp³-hybridized carbons (Fsp3) is 0.333. The molecule has 0 saturated carbocycles. The smallest absolute Gasteiger partial charge is 0.251 e. The molecule has 1 aliphatic heterocycles. The van der Waals surface area contributed by atoms with Crippen molar-refractivity contribution in [2.24, 2.45) is 0 Å². The molecule has 0 unspecified atom stereocenters. The Hall–Kier alpha value is -3.48. The maximum Gasteiger partial charge on any atom is 0.251 e. The van der Waals surface area contributed by atoms with Crippen LogP contribution in [-0.4, -0.2) is 41.0 Å². The summed E-state index contributed by atoms with van der Waals surface area (Å²) in [6.07, 6.45) is 3.68. The number of benzene rings is 2. The van der Waals surface area contributed by atoms with Gasteiger partial charge in [0.15, 0.2) is 0 Å². The van der Waals surface area contributed by atoms with Gasteiger partial charge in [-0.15, -0.1) is 0 Å². The molecule has 1 aromatic heterocycles. The van der Waals surface area contributed by atoms with Crippen molar-refractivity contribution >= 4 is 23.5 Å².